The van der Waals surface area contributed by atoms with Crippen LogP contribution in [0.3, 0.4) is 0 Å². The molecule has 0 radical (unpaired) electrons. The summed E-state index contributed by atoms with van der Waals surface area (Å²) in [7, 11) is 1.59. The summed E-state index contributed by atoms with van der Waals surface area (Å²) in [5, 5.41) is 4.74. The number of primary amides is 1. The molecule has 2 N–H and O–H groups in total. The number of hydrogen-bond donors (Lipinski definition) is 1. The summed E-state index contributed by atoms with van der Waals surface area (Å²) in [6, 6.07) is 12.7. The topological polar surface area (TPSA) is 108 Å². The third-order valence-corrected chi connectivity index (χ3v) is 7.70. The Bertz CT molecular complexity index is 1600. The quantitative estimate of drug-likeness (QED) is 0.244. The maximum atomic E-state index is 13.6. The largest absolute Gasteiger partial charge is 0.383 e. The van der Waals surface area contributed by atoms with Crippen LogP contribution in [0.4, 0.5) is 10.2 Å². The van der Waals surface area contributed by atoms with Crippen molar-refractivity contribution >= 4 is 17.4 Å². The van der Waals surface area contributed by atoms with Gasteiger partial charge in [-0.3, -0.25) is 9.59 Å². The number of nitrogens with two attached hydrogens (primary N) is 1. The first-order chi connectivity index (χ1) is 21.2. The van der Waals surface area contributed by atoms with Crippen LogP contribution in [-0.2, 0) is 24.1 Å². The highest BCUT2D eigenvalue weighted by molar-refractivity contribution is 5.92. The minimum absolute atomic E-state index is 0. The number of halogens is 1. The number of rotatable bonds is 9. The first kappa shape index (κ1) is 34.4. The second-order valence-electron chi connectivity index (χ2n) is 10.9. The number of imidazole rings is 1. The van der Waals surface area contributed by atoms with E-state index in [1.54, 1.807) is 29.9 Å². The number of amides is 1. The molecule has 0 spiro atoms. The van der Waals surface area contributed by atoms with E-state index in [1.807, 2.05) is 56.6 Å². The molecule has 240 valence electrons. The highest BCUT2D eigenvalue weighted by Gasteiger charge is 2.32. The van der Waals surface area contributed by atoms with Crippen LogP contribution in [0.25, 0.3) is 5.65 Å². The molecule has 1 aromatic carbocycles. The normalized spacial score (nSPS) is 15.9. The van der Waals surface area contributed by atoms with Crippen molar-refractivity contribution in [2.24, 2.45) is 11.7 Å². The van der Waals surface area contributed by atoms with E-state index in [0.717, 1.165) is 66.2 Å². The molecule has 1 fully saturated rings. The second-order valence-corrected chi connectivity index (χ2v) is 10.9. The maximum absolute atomic E-state index is 13.6. The molecule has 1 saturated heterocycles. The average Bonchev–Trinajstić information content (AvgIpc) is 3.60. The zero-order valence-corrected chi connectivity index (χ0v) is 27.1. The fourth-order valence-electron chi connectivity index (χ4n) is 5.66. The molecule has 5 rings (SSSR count). The van der Waals surface area contributed by atoms with Crippen LogP contribution in [-0.4, -0.2) is 45.3 Å². The smallest absolute Gasteiger partial charge is 0.263 e. The van der Waals surface area contributed by atoms with Crippen molar-refractivity contribution in [2.45, 2.75) is 79.8 Å². The summed E-state index contributed by atoms with van der Waals surface area (Å²) in [4.78, 5) is 30.2. The summed E-state index contributed by atoms with van der Waals surface area (Å²) >= 11 is 0. The molecule has 0 unspecified atom stereocenters. The predicted octanol–water partition coefficient (Wildman–Crippen LogP) is 6.15. The minimum Gasteiger partial charge on any atom is -0.383 e. The molecular formula is C34H49FN6O3. The van der Waals surface area contributed by atoms with Gasteiger partial charge in [-0.15, -0.1) is 5.10 Å². The Labute approximate surface area is 261 Å². The minimum atomic E-state index is -0.672. The molecule has 3 aromatic heterocycles. The van der Waals surface area contributed by atoms with E-state index in [1.165, 1.54) is 6.07 Å². The van der Waals surface area contributed by atoms with E-state index in [-0.39, 0.29) is 24.4 Å². The van der Waals surface area contributed by atoms with Crippen LogP contribution in [0.15, 0.2) is 53.5 Å². The maximum Gasteiger partial charge on any atom is 0.263 e. The number of nitrogens with zero attached hydrogens (tertiary/aromatic N) is 5. The summed E-state index contributed by atoms with van der Waals surface area (Å²) in [6.07, 6.45) is 5.34. The average molecular weight is 609 g/mol. The van der Waals surface area contributed by atoms with Crippen molar-refractivity contribution in [3.63, 3.8) is 0 Å². The number of carbonyl (C=O) groups excluding carboxylic acids is 1. The molecule has 10 heteroatoms. The molecule has 0 bridgehead atoms. The third-order valence-electron chi connectivity index (χ3n) is 7.70. The Hall–Kier alpha value is -4.05. The lowest BCUT2D eigenvalue weighted by molar-refractivity contribution is 0.0997. The van der Waals surface area contributed by atoms with E-state index < -0.39 is 5.91 Å². The number of aryl methyl sites for hydroxylation is 2. The van der Waals surface area contributed by atoms with Crippen LogP contribution in [0.1, 0.15) is 87.8 Å². The lowest BCUT2D eigenvalue weighted by atomic mass is 10.0. The molecule has 0 saturated carbocycles. The Balaban J connectivity index is 0.000000297. The Kier molecular flexibility index (Phi) is 12.6. The van der Waals surface area contributed by atoms with Gasteiger partial charge in [-0.05, 0) is 73.6 Å². The number of hydrogen-bond acceptors (Lipinski definition) is 6. The van der Waals surface area contributed by atoms with E-state index in [4.69, 9.17) is 15.6 Å². The first-order valence-corrected chi connectivity index (χ1v) is 15.6. The molecule has 2 atom stereocenters. The van der Waals surface area contributed by atoms with Gasteiger partial charge in [-0.25, -0.2) is 13.9 Å². The summed E-state index contributed by atoms with van der Waals surface area (Å²) in [5.74, 6) is 0.603. The fraction of sp³-hybridized carbons (Fsp3) is 0.471. The van der Waals surface area contributed by atoms with E-state index in [2.05, 4.69) is 23.7 Å². The summed E-state index contributed by atoms with van der Waals surface area (Å²) < 4.78 is 22.1. The van der Waals surface area contributed by atoms with Gasteiger partial charge in [0.1, 0.15) is 17.2 Å². The van der Waals surface area contributed by atoms with Crippen molar-refractivity contribution in [2.75, 3.05) is 25.2 Å². The SMILES string of the molecule is CC.CCCc1c(CC)cc(C(N)=O)c(=O)n1CCOC.Cc1cnc2ccc(N3C[C@@H](C)C[C@@H]3c3cccc(F)c3)nn12.[HH]. The lowest BCUT2D eigenvalue weighted by Crippen LogP contribution is -2.33. The van der Waals surface area contributed by atoms with E-state index in [9.17, 15) is 14.0 Å². The summed E-state index contributed by atoms with van der Waals surface area (Å²) in [6.45, 7) is 14.1. The highest BCUT2D eigenvalue weighted by atomic mass is 19.1. The van der Waals surface area contributed by atoms with Gasteiger partial charge < -0.3 is 19.9 Å². The predicted molar refractivity (Wildman–Crippen MR) is 176 cm³/mol. The molecule has 1 amide bonds. The molecular weight excluding hydrogens is 559 g/mol. The number of methoxy groups -OCH3 is 1. The van der Waals surface area contributed by atoms with Crippen LogP contribution in [0.2, 0.25) is 0 Å². The molecule has 1 aliphatic rings. The van der Waals surface area contributed by atoms with Gasteiger partial charge in [-0.1, -0.05) is 53.2 Å². The van der Waals surface area contributed by atoms with Crippen LogP contribution >= 0.6 is 0 Å². The lowest BCUT2D eigenvalue weighted by Gasteiger charge is -2.26. The molecule has 4 aromatic rings. The Morgan fingerprint density at radius 1 is 1.18 bits per heavy atom. The van der Waals surface area contributed by atoms with Gasteiger partial charge in [0.2, 0.25) is 0 Å². The first-order valence-electron chi connectivity index (χ1n) is 15.6. The monoisotopic (exact) mass is 608 g/mol. The van der Waals surface area contributed by atoms with E-state index >= 15 is 0 Å². The zero-order chi connectivity index (χ0) is 32.4. The van der Waals surface area contributed by atoms with Gasteiger partial charge in [0, 0.05) is 27.3 Å². The number of pyridine rings is 1. The second kappa shape index (κ2) is 16.1. The van der Waals surface area contributed by atoms with E-state index in [0.29, 0.717) is 19.1 Å². The Morgan fingerprint density at radius 2 is 1.93 bits per heavy atom. The number of carbonyl (C=O) groups is 1. The van der Waals surface area contributed by atoms with Crippen molar-refractivity contribution in [3.05, 3.63) is 92.9 Å². The number of ether oxygens (including phenoxy) is 1. The van der Waals surface area contributed by atoms with Gasteiger partial charge in [0.15, 0.2) is 5.65 Å². The zero-order valence-electron chi connectivity index (χ0n) is 27.1. The summed E-state index contributed by atoms with van der Waals surface area (Å²) in [5.41, 5.74) is 9.88. The van der Waals surface area contributed by atoms with Crippen LogP contribution < -0.4 is 16.2 Å². The molecule has 1 aliphatic heterocycles. The third kappa shape index (κ3) is 7.91. The van der Waals surface area contributed by atoms with Crippen molar-refractivity contribution in [1.29, 1.82) is 0 Å². The molecule has 0 aliphatic carbocycles. The van der Waals surface area contributed by atoms with Gasteiger partial charge >= 0.3 is 0 Å². The van der Waals surface area contributed by atoms with Crippen molar-refractivity contribution in [3.8, 4) is 0 Å². The fourth-order valence-corrected chi connectivity index (χ4v) is 5.66. The number of aromatic nitrogens is 4. The van der Waals surface area contributed by atoms with Gasteiger partial charge in [0.05, 0.1) is 24.5 Å². The van der Waals surface area contributed by atoms with Gasteiger partial charge in [-0.2, -0.15) is 0 Å². The van der Waals surface area contributed by atoms with Crippen molar-refractivity contribution < 1.29 is 15.3 Å². The van der Waals surface area contributed by atoms with Crippen molar-refractivity contribution in [1.82, 2.24) is 19.2 Å². The standard InChI is InChI=1S/C18H19FN4.C14H22N2O3.C2H6.H2/c1-12-8-16(14-4-3-5-15(19)9-14)22(11-12)18-7-6-17-20-10-13(2)23(17)21-18;1-4-6-12-10(5-2)9-11(13(15)17)14(18)16(12)7-8-19-3;1-2;/h3-7,9-10,12,16H,8,11H2,1-2H3;9H,4-8H2,1-3H3,(H2,15,17);1-2H3;1H/t12-,16+;;;/m0.../s1. The molecule has 44 heavy (non-hydrogen) atoms. The van der Waals surface area contributed by atoms with Crippen LogP contribution in [0.5, 0.6) is 0 Å². The molecule has 4 heterocycles. The molecule has 9 nitrogen and oxygen atoms in total. The number of fused-ring (bicyclic) bond motifs is 1. The van der Waals surface area contributed by atoms with Gasteiger partial charge in [0.25, 0.3) is 11.5 Å². The van der Waals surface area contributed by atoms with Crippen LogP contribution in [0, 0.1) is 18.7 Å². The highest BCUT2D eigenvalue weighted by Crippen LogP contribution is 2.38. The number of anilines is 1. The number of benzene rings is 1. The Morgan fingerprint density at radius 3 is 2.57 bits per heavy atom.